The van der Waals surface area contributed by atoms with Crippen molar-refractivity contribution in [2.45, 2.75) is 32.1 Å². The zero-order chi connectivity index (χ0) is 19.8. The molecule has 4 N–H and O–H groups in total. The van der Waals surface area contributed by atoms with E-state index in [1.54, 1.807) is 12.1 Å². The number of hydrogen-bond acceptors (Lipinski definition) is 4. The second-order valence-electron chi connectivity index (χ2n) is 6.64. The first-order chi connectivity index (χ1) is 13.6. The van der Waals surface area contributed by atoms with E-state index < -0.39 is 0 Å². The second kappa shape index (κ2) is 9.50. The quantitative estimate of drug-likeness (QED) is 0.411. The van der Waals surface area contributed by atoms with Crippen LogP contribution in [0.1, 0.15) is 31.5 Å². The van der Waals surface area contributed by atoms with Crippen LogP contribution in [0.2, 0.25) is 0 Å². The molecule has 0 aliphatic heterocycles. The number of para-hydroxylation sites is 2. The monoisotopic (exact) mass is 376 g/mol. The average molecular weight is 376 g/mol. The minimum Gasteiger partial charge on any atom is -0.397 e. The number of aryl methyl sites for hydroxylation is 1. The van der Waals surface area contributed by atoms with E-state index in [9.17, 15) is 9.59 Å². The van der Waals surface area contributed by atoms with Gasteiger partial charge in [0, 0.05) is 24.5 Å². The number of benzene rings is 2. The largest absolute Gasteiger partial charge is 0.397 e. The highest BCUT2D eigenvalue weighted by molar-refractivity contribution is 5.93. The van der Waals surface area contributed by atoms with Crippen LogP contribution in [-0.4, -0.2) is 15.9 Å². The van der Waals surface area contributed by atoms with Crippen LogP contribution in [0.4, 0.5) is 11.4 Å². The topological polar surface area (TPSA) is 101 Å². The molecule has 0 aliphatic rings. The SMILES string of the molecule is Nc1ccccc1NC(=O)CCCCCc1nc(-c2ccccc2)cc(=O)[nH]1. The van der Waals surface area contributed by atoms with E-state index >= 15 is 0 Å². The highest BCUT2D eigenvalue weighted by Gasteiger charge is 2.06. The Balaban J connectivity index is 1.45. The molecule has 0 unspecified atom stereocenters. The van der Waals surface area contributed by atoms with Gasteiger partial charge in [0.1, 0.15) is 5.82 Å². The van der Waals surface area contributed by atoms with E-state index in [4.69, 9.17) is 5.73 Å². The number of amides is 1. The van der Waals surface area contributed by atoms with Gasteiger partial charge >= 0.3 is 0 Å². The van der Waals surface area contributed by atoms with Crippen LogP contribution in [-0.2, 0) is 11.2 Å². The highest BCUT2D eigenvalue weighted by atomic mass is 16.1. The number of carbonyl (C=O) groups is 1. The molecule has 144 valence electrons. The van der Waals surface area contributed by atoms with Crippen molar-refractivity contribution in [3.8, 4) is 11.3 Å². The molecular formula is C22H24N4O2. The number of nitrogens with one attached hydrogen (secondary N) is 2. The number of rotatable bonds is 8. The second-order valence-corrected chi connectivity index (χ2v) is 6.64. The van der Waals surface area contributed by atoms with Crippen LogP contribution in [0.25, 0.3) is 11.3 Å². The molecule has 0 spiro atoms. The molecule has 3 rings (SSSR count). The van der Waals surface area contributed by atoms with Gasteiger partial charge in [-0.1, -0.05) is 48.9 Å². The summed E-state index contributed by atoms with van der Waals surface area (Å²) in [6.45, 7) is 0. The number of hydrogen-bond donors (Lipinski definition) is 3. The molecule has 0 saturated heterocycles. The van der Waals surface area contributed by atoms with Crippen molar-refractivity contribution in [1.29, 1.82) is 0 Å². The van der Waals surface area contributed by atoms with Gasteiger partial charge in [0.2, 0.25) is 5.91 Å². The van der Waals surface area contributed by atoms with E-state index in [1.807, 2.05) is 42.5 Å². The van der Waals surface area contributed by atoms with Crippen molar-refractivity contribution in [1.82, 2.24) is 9.97 Å². The lowest BCUT2D eigenvalue weighted by molar-refractivity contribution is -0.116. The smallest absolute Gasteiger partial charge is 0.251 e. The lowest BCUT2D eigenvalue weighted by Crippen LogP contribution is -2.13. The van der Waals surface area contributed by atoms with Crippen molar-refractivity contribution in [2.75, 3.05) is 11.1 Å². The van der Waals surface area contributed by atoms with Crippen LogP contribution in [0.15, 0.2) is 65.5 Å². The number of nitrogens with zero attached hydrogens (tertiary/aromatic N) is 1. The minimum absolute atomic E-state index is 0.0458. The predicted octanol–water partition coefficient (Wildman–Crippen LogP) is 3.76. The summed E-state index contributed by atoms with van der Waals surface area (Å²) in [6, 6.07) is 18.4. The van der Waals surface area contributed by atoms with Gasteiger partial charge in [-0.3, -0.25) is 9.59 Å². The number of nitrogen functional groups attached to an aromatic ring is 1. The molecule has 3 aromatic rings. The summed E-state index contributed by atoms with van der Waals surface area (Å²) in [6.07, 6.45) is 3.59. The lowest BCUT2D eigenvalue weighted by atomic mass is 10.1. The van der Waals surface area contributed by atoms with Crippen molar-refractivity contribution in [3.63, 3.8) is 0 Å². The van der Waals surface area contributed by atoms with Gasteiger partial charge in [0.05, 0.1) is 17.1 Å². The molecule has 1 aromatic heterocycles. The lowest BCUT2D eigenvalue weighted by Gasteiger charge is -2.08. The molecule has 6 heteroatoms. The Morgan fingerprint density at radius 1 is 1.00 bits per heavy atom. The van der Waals surface area contributed by atoms with Crippen LogP contribution in [0, 0.1) is 0 Å². The van der Waals surface area contributed by atoms with Gasteiger partial charge in [0.15, 0.2) is 0 Å². The normalized spacial score (nSPS) is 10.6. The third kappa shape index (κ3) is 5.54. The fourth-order valence-electron chi connectivity index (χ4n) is 2.96. The summed E-state index contributed by atoms with van der Waals surface area (Å²) in [5, 5.41) is 2.83. The van der Waals surface area contributed by atoms with E-state index in [1.165, 1.54) is 6.07 Å². The van der Waals surface area contributed by atoms with E-state index in [2.05, 4.69) is 15.3 Å². The first-order valence-corrected chi connectivity index (χ1v) is 9.42. The third-order valence-electron chi connectivity index (χ3n) is 4.41. The van der Waals surface area contributed by atoms with Crippen molar-refractivity contribution >= 4 is 17.3 Å². The molecule has 2 aromatic carbocycles. The molecule has 0 fully saturated rings. The number of carbonyl (C=O) groups excluding carboxylic acids is 1. The summed E-state index contributed by atoms with van der Waals surface area (Å²) in [4.78, 5) is 31.3. The number of anilines is 2. The molecule has 1 amide bonds. The van der Waals surface area contributed by atoms with Crippen LogP contribution < -0.4 is 16.6 Å². The minimum atomic E-state index is -0.149. The maximum atomic E-state index is 12.0. The molecule has 28 heavy (non-hydrogen) atoms. The molecule has 0 radical (unpaired) electrons. The van der Waals surface area contributed by atoms with Gasteiger partial charge in [-0.15, -0.1) is 0 Å². The molecule has 0 saturated carbocycles. The molecule has 0 atom stereocenters. The van der Waals surface area contributed by atoms with Gasteiger partial charge in [-0.2, -0.15) is 0 Å². The Morgan fingerprint density at radius 3 is 2.54 bits per heavy atom. The highest BCUT2D eigenvalue weighted by Crippen LogP contribution is 2.18. The Morgan fingerprint density at radius 2 is 1.75 bits per heavy atom. The number of aromatic nitrogens is 2. The Kier molecular flexibility index (Phi) is 6.57. The third-order valence-corrected chi connectivity index (χ3v) is 4.41. The maximum Gasteiger partial charge on any atom is 0.251 e. The fourth-order valence-corrected chi connectivity index (χ4v) is 2.96. The number of nitrogens with two attached hydrogens (primary N) is 1. The maximum absolute atomic E-state index is 12.0. The van der Waals surface area contributed by atoms with Gasteiger partial charge < -0.3 is 16.0 Å². The number of H-pyrrole nitrogens is 1. The number of unbranched alkanes of at least 4 members (excludes halogenated alkanes) is 2. The molecule has 0 bridgehead atoms. The summed E-state index contributed by atoms with van der Waals surface area (Å²) in [7, 11) is 0. The van der Waals surface area contributed by atoms with E-state index in [0.717, 1.165) is 24.8 Å². The first kappa shape index (κ1) is 19.4. The zero-order valence-corrected chi connectivity index (χ0v) is 15.7. The molecular weight excluding hydrogens is 352 g/mol. The molecule has 6 nitrogen and oxygen atoms in total. The van der Waals surface area contributed by atoms with Crippen molar-refractivity contribution in [3.05, 3.63) is 76.8 Å². The standard InChI is InChI=1S/C22H24N4O2/c23-17-11-7-8-12-18(17)25-21(27)14-6-2-5-13-20-24-19(15-22(28)26-20)16-9-3-1-4-10-16/h1,3-4,7-12,15H,2,5-6,13-14,23H2,(H,25,27)(H,24,26,28). The Hall–Kier alpha value is -3.41. The number of aromatic amines is 1. The van der Waals surface area contributed by atoms with Gasteiger partial charge in [0.25, 0.3) is 5.56 Å². The van der Waals surface area contributed by atoms with Gasteiger partial charge in [-0.25, -0.2) is 4.98 Å². The van der Waals surface area contributed by atoms with Gasteiger partial charge in [-0.05, 0) is 25.0 Å². The van der Waals surface area contributed by atoms with Crippen LogP contribution in [0.3, 0.4) is 0 Å². The summed E-state index contributed by atoms with van der Waals surface area (Å²) in [5.41, 5.74) is 8.48. The Bertz CT molecular complexity index is 983. The van der Waals surface area contributed by atoms with Crippen molar-refractivity contribution in [2.24, 2.45) is 0 Å². The zero-order valence-electron chi connectivity index (χ0n) is 15.7. The van der Waals surface area contributed by atoms with Crippen LogP contribution >= 0.6 is 0 Å². The average Bonchev–Trinajstić information content (AvgIpc) is 2.70. The summed E-state index contributed by atoms with van der Waals surface area (Å²) < 4.78 is 0. The molecule has 1 heterocycles. The van der Waals surface area contributed by atoms with Crippen LogP contribution in [0.5, 0.6) is 0 Å². The fraction of sp³-hybridized carbons (Fsp3) is 0.227. The summed E-state index contributed by atoms with van der Waals surface area (Å²) >= 11 is 0. The first-order valence-electron chi connectivity index (χ1n) is 9.42. The van der Waals surface area contributed by atoms with E-state index in [-0.39, 0.29) is 11.5 Å². The van der Waals surface area contributed by atoms with Crippen molar-refractivity contribution < 1.29 is 4.79 Å². The summed E-state index contributed by atoms with van der Waals surface area (Å²) in [5.74, 6) is 0.628. The Labute approximate surface area is 163 Å². The predicted molar refractivity (Wildman–Crippen MR) is 112 cm³/mol. The van der Waals surface area contributed by atoms with E-state index in [0.29, 0.717) is 35.7 Å². The molecule has 0 aliphatic carbocycles.